The lowest BCUT2D eigenvalue weighted by atomic mass is 9.79. The van der Waals surface area contributed by atoms with Crippen LogP contribution in [0.2, 0.25) is 0 Å². The Kier molecular flexibility index (Phi) is 9.22. The minimum atomic E-state index is -0.960. The van der Waals surface area contributed by atoms with Gasteiger partial charge >= 0.3 is 5.97 Å². The van der Waals surface area contributed by atoms with Crippen LogP contribution in [0, 0.1) is 24.7 Å². The Labute approximate surface area is 244 Å². The highest BCUT2D eigenvalue weighted by Gasteiger charge is 2.48. The van der Waals surface area contributed by atoms with E-state index in [9.17, 15) is 15.0 Å². The van der Waals surface area contributed by atoms with Gasteiger partial charge in [-0.25, -0.2) is 4.79 Å². The summed E-state index contributed by atoms with van der Waals surface area (Å²) in [7, 11) is 0. The first-order valence-corrected chi connectivity index (χ1v) is 15.4. The van der Waals surface area contributed by atoms with Crippen molar-refractivity contribution in [2.45, 2.75) is 109 Å². The molecular formula is C35H46O6. The van der Waals surface area contributed by atoms with Crippen molar-refractivity contribution in [3.8, 4) is 5.75 Å². The van der Waals surface area contributed by atoms with Gasteiger partial charge in [-0.05, 0) is 73.9 Å². The first-order chi connectivity index (χ1) is 19.6. The van der Waals surface area contributed by atoms with Crippen molar-refractivity contribution in [2.24, 2.45) is 17.8 Å². The summed E-state index contributed by atoms with van der Waals surface area (Å²) in [5.41, 5.74) is 2.49. The van der Waals surface area contributed by atoms with E-state index in [1.165, 1.54) is 32.1 Å². The van der Waals surface area contributed by atoms with Crippen LogP contribution in [0.25, 0.3) is 6.08 Å². The SMILES string of the molecule is CC1=CCC2CC(CC3(C=CC(C)C(C4CCCCC4)O3)O2)OC(=O)c2cc(C)c(O)cc2C=CC=CC(C)C1O. The molecule has 3 heterocycles. The molecule has 2 fully saturated rings. The van der Waals surface area contributed by atoms with Crippen LogP contribution in [0.4, 0.5) is 0 Å². The lowest BCUT2D eigenvalue weighted by Gasteiger charge is -2.48. The molecule has 6 nitrogen and oxygen atoms in total. The lowest BCUT2D eigenvalue weighted by Crippen LogP contribution is -2.53. The number of phenols is 1. The molecule has 2 bridgehead atoms. The zero-order chi connectivity index (χ0) is 29.1. The van der Waals surface area contributed by atoms with Crippen LogP contribution >= 0.6 is 0 Å². The van der Waals surface area contributed by atoms with Crippen LogP contribution in [0.3, 0.4) is 0 Å². The number of aromatic hydroxyl groups is 1. The van der Waals surface area contributed by atoms with Gasteiger partial charge < -0.3 is 24.4 Å². The summed E-state index contributed by atoms with van der Waals surface area (Å²) in [6, 6.07) is 3.29. The van der Waals surface area contributed by atoms with Crippen LogP contribution in [0.1, 0.15) is 93.6 Å². The second-order valence-corrected chi connectivity index (χ2v) is 12.7. The highest BCUT2D eigenvalue weighted by molar-refractivity contribution is 5.94. The van der Waals surface area contributed by atoms with E-state index in [4.69, 9.17) is 14.2 Å². The zero-order valence-electron chi connectivity index (χ0n) is 24.9. The largest absolute Gasteiger partial charge is 0.508 e. The maximum absolute atomic E-state index is 13.6. The summed E-state index contributed by atoms with van der Waals surface area (Å²) in [6.07, 6.45) is 20.1. The van der Waals surface area contributed by atoms with E-state index in [-0.39, 0.29) is 23.9 Å². The van der Waals surface area contributed by atoms with E-state index in [0.717, 1.165) is 5.57 Å². The third kappa shape index (κ3) is 6.87. The Hall–Kier alpha value is -2.67. The van der Waals surface area contributed by atoms with E-state index in [2.05, 4.69) is 19.1 Å². The van der Waals surface area contributed by atoms with Crippen LogP contribution < -0.4 is 0 Å². The second kappa shape index (κ2) is 12.7. The van der Waals surface area contributed by atoms with Crippen molar-refractivity contribution < 1.29 is 29.2 Å². The Balaban J connectivity index is 1.49. The number of fused-ring (bicyclic) bond motifs is 3. The summed E-state index contributed by atoms with van der Waals surface area (Å²) in [5, 5.41) is 21.4. The molecule has 1 saturated carbocycles. The van der Waals surface area contributed by atoms with E-state index >= 15 is 0 Å². The average Bonchev–Trinajstić information content (AvgIpc) is 2.96. The number of allylic oxidation sites excluding steroid dienone is 2. The number of aliphatic hydroxyl groups excluding tert-OH is 1. The molecule has 7 atom stereocenters. The van der Waals surface area contributed by atoms with E-state index < -0.39 is 24.0 Å². The number of esters is 1. The van der Waals surface area contributed by atoms with Crippen molar-refractivity contribution in [3.05, 3.63) is 70.9 Å². The van der Waals surface area contributed by atoms with Gasteiger partial charge in [-0.3, -0.25) is 0 Å². The molecule has 1 aliphatic carbocycles. The Bertz CT molecular complexity index is 1220. The number of aliphatic hydroxyl groups is 1. The molecule has 1 spiro atoms. The van der Waals surface area contributed by atoms with Crippen LogP contribution in [-0.4, -0.2) is 46.4 Å². The molecule has 7 unspecified atom stereocenters. The molecule has 6 heteroatoms. The molecule has 3 aliphatic heterocycles. The summed E-state index contributed by atoms with van der Waals surface area (Å²) in [4.78, 5) is 13.6. The first-order valence-electron chi connectivity index (χ1n) is 15.4. The number of hydrogen-bond acceptors (Lipinski definition) is 6. The minimum Gasteiger partial charge on any atom is -0.508 e. The molecular weight excluding hydrogens is 516 g/mol. The van der Waals surface area contributed by atoms with Gasteiger partial charge in [0.15, 0.2) is 5.79 Å². The monoisotopic (exact) mass is 562 g/mol. The predicted molar refractivity (Wildman–Crippen MR) is 160 cm³/mol. The number of carbonyl (C=O) groups is 1. The standard InChI is InChI=1S/C35H46O6/c1-22-10-8-9-13-27-19-31(36)25(4)18-30(27)34(38)39-29-20-28(15-14-23(2)32(22)37)40-35(21-29)17-16-24(3)33(41-35)26-11-6-5-7-12-26/h8-10,13-14,16-19,22,24,26,28-29,32-33,36-37H,5-7,11-12,15,20-21H2,1-4H3. The number of benzene rings is 1. The van der Waals surface area contributed by atoms with Gasteiger partial charge in [-0.1, -0.05) is 69.6 Å². The summed E-state index contributed by atoms with van der Waals surface area (Å²) in [5.74, 6) is -0.571. The molecule has 222 valence electrons. The highest BCUT2D eigenvalue weighted by atomic mass is 16.7. The first kappa shape index (κ1) is 29.8. The highest BCUT2D eigenvalue weighted by Crippen LogP contribution is 2.43. The Morgan fingerprint density at radius 1 is 0.951 bits per heavy atom. The van der Waals surface area contributed by atoms with Crippen molar-refractivity contribution >= 4 is 12.0 Å². The topological polar surface area (TPSA) is 85.2 Å². The fourth-order valence-electron chi connectivity index (χ4n) is 6.86. The van der Waals surface area contributed by atoms with E-state index in [1.54, 1.807) is 25.1 Å². The van der Waals surface area contributed by atoms with Crippen molar-refractivity contribution in [1.82, 2.24) is 0 Å². The molecule has 4 aliphatic rings. The molecule has 0 amide bonds. The smallest absolute Gasteiger partial charge is 0.339 e. The second-order valence-electron chi connectivity index (χ2n) is 12.7. The maximum atomic E-state index is 13.6. The predicted octanol–water partition coefficient (Wildman–Crippen LogP) is 7.19. The number of hydrogen-bond donors (Lipinski definition) is 2. The third-order valence-corrected chi connectivity index (χ3v) is 9.36. The van der Waals surface area contributed by atoms with Gasteiger partial charge in [-0.15, -0.1) is 0 Å². The summed E-state index contributed by atoms with van der Waals surface area (Å²) >= 11 is 0. The molecule has 2 N–H and O–H groups in total. The maximum Gasteiger partial charge on any atom is 0.339 e. The average molecular weight is 563 g/mol. The van der Waals surface area contributed by atoms with Gasteiger partial charge in [-0.2, -0.15) is 0 Å². The van der Waals surface area contributed by atoms with Crippen LogP contribution in [0.15, 0.2) is 54.2 Å². The number of phenolic OH excluding ortho intramolecular Hbond substituents is 1. The lowest BCUT2D eigenvalue weighted by molar-refractivity contribution is -0.300. The molecule has 1 aromatic rings. The van der Waals surface area contributed by atoms with Gasteiger partial charge in [0.2, 0.25) is 0 Å². The van der Waals surface area contributed by atoms with Crippen LogP contribution in [-0.2, 0) is 14.2 Å². The Morgan fingerprint density at radius 3 is 2.51 bits per heavy atom. The molecule has 0 aromatic heterocycles. The van der Waals surface area contributed by atoms with Crippen molar-refractivity contribution in [2.75, 3.05) is 0 Å². The van der Waals surface area contributed by atoms with Gasteiger partial charge in [0, 0.05) is 24.7 Å². The fraction of sp³-hybridized carbons (Fsp3) is 0.571. The molecule has 5 rings (SSSR count). The summed E-state index contributed by atoms with van der Waals surface area (Å²) < 4.78 is 19.8. The minimum absolute atomic E-state index is 0.0662. The van der Waals surface area contributed by atoms with Crippen molar-refractivity contribution in [1.29, 1.82) is 0 Å². The third-order valence-electron chi connectivity index (χ3n) is 9.36. The van der Waals surface area contributed by atoms with E-state index in [0.29, 0.717) is 47.8 Å². The Morgan fingerprint density at radius 2 is 1.73 bits per heavy atom. The molecule has 41 heavy (non-hydrogen) atoms. The van der Waals surface area contributed by atoms with Gasteiger partial charge in [0.1, 0.15) is 11.9 Å². The van der Waals surface area contributed by atoms with Crippen molar-refractivity contribution in [3.63, 3.8) is 0 Å². The zero-order valence-corrected chi connectivity index (χ0v) is 24.9. The fourth-order valence-corrected chi connectivity index (χ4v) is 6.86. The van der Waals surface area contributed by atoms with E-state index in [1.807, 2.05) is 38.2 Å². The van der Waals surface area contributed by atoms with Gasteiger partial charge in [0.05, 0.1) is 23.9 Å². The van der Waals surface area contributed by atoms with Gasteiger partial charge in [0.25, 0.3) is 0 Å². The number of carbonyl (C=O) groups excluding carboxylic acids is 1. The number of aryl methyl sites for hydroxylation is 1. The normalized spacial score (nSPS) is 35.1. The van der Waals surface area contributed by atoms with Crippen LogP contribution in [0.5, 0.6) is 5.75 Å². The summed E-state index contributed by atoms with van der Waals surface area (Å²) in [6.45, 7) is 7.92. The quantitative estimate of drug-likeness (QED) is 0.278. The molecule has 0 radical (unpaired) electrons. The number of rotatable bonds is 1. The molecule has 1 aromatic carbocycles. The number of ether oxygens (including phenoxy) is 3. The molecule has 1 saturated heterocycles.